The Balaban J connectivity index is 1.98. The zero-order valence-corrected chi connectivity index (χ0v) is 17.2. The Labute approximate surface area is 170 Å². The minimum Gasteiger partial charge on any atom is -0.497 e. The third kappa shape index (κ3) is 4.56. The molecule has 0 spiro atoms. The maximum Gasteiger partial charge on any atom is 0.257 e. The molecule has 1 aliphatic rings. The smallest absolute Gasteiger partial charge is 0.257 e. The van der Waals surface area contributed by atoms with Crippen LogP contribution in [0, 0.1) is 5.82 Å². The van der Waals surface area contributed by atoms with E-state index in [1.165, 1.54) is 17.1 Å². The quantitative estimate of drug-likeness (QED) is 0.715. The van der Waals surface area contributed by atoms with Crippen LogP contribution in [0.1, 0.15) is 30.5 Å². The highest BCUT2D eigenvalue weighted by Crippen LogP contribution is 2.39. The maximum atomic E-state index is 13.3. The molecule has 0 saturated heterocycles. The van der Waals surface area contributed by atoms with Crippen LogP contribution < -0.4 is 9.47 Å². The van der Waals surface area contributed by atoms with E-state index in [0.717, 1.165) is 23.4 Å². The number of benzene rings is 2. The predicted octanol–water partition coefficient (Wildman–Crippen LogP) is 3.47. The van der Waals surface area contributed by atoms with Crippen molar-refractivity contribution in [1.82, 2.24) is 9.91 Å². The van der Waals surface area contributed by atoms with Gasteiger partial charge in [0.1, 0.15) is 17.3 Å². The van der Waals surface area contributed by atoms with E-state index < -0.39 is 0 Å². The molecule has 2 aromatic rings. The highest BCUT2D eigenvalue weighted by molar-refractivity contribution is 6.03. The number of carbonyl (C=O) groups is 1. The molecule has 0 radical (unpaired) electrons. The zero-order valence-electron chi connectivity index (χ0n) is 17.2. The lowest BCUT2D eigenvalue weighted by molar-refractivity contribution is -0.133. The van der Waals surface area contributed by atoms with Crippen LogP contribution in [0.5, 0.6) is 11.5 Å². The van der Waals surface area contributed by atoms with E-state index in [1.807, 2.05) is 31.0 Å². The van der Waals surface area contributed by atoms with Gasteiger partial charge in [-0.2, -0.15) is 5.10 Å². The first-order valence-corrected chi connectivity index (χ1v) is 9.52. The molecule has 6 nitrogen and oxygen atoms in total. The molecule has 0 aromatic heterocycles. The predicted molar refractivity (Wildman–Crippen MR) is 110 cm³/mol. The summed E-state index contributed by atoms with van der Waals surface area (Å²) in [7, 11) is 5.07. The summed E-state index contributed by atoms with van der Waals surface area (Å²) in [5.74, 6) is 0.894. The van der Waals surface area contributed by atoms with Gasteiger partial charge in [-0.15, -0.1) is 0 Å². The first-order valence-electron chi connectivity index (χ1n) is 9.52. The number of amides is 1. The Kier molecular flexibility index (Phi) is 6.49. The summed E-state index contributed by atoms with van der Waals surface area (Å²) >= 11 is 0. The molecule has 1 heterocycles. The number of likely N-dealkylation sites (N-methyl/N-ethyl adjacent to an activating group) is 1. The van der Waals surface area contributed by atoms with Crippen molar-refractivity contribution in [3.63, 3.8) is 0 Å². The number of halogens is 1. The van der Waals surface area contributed by atoms with Crippen molar-refractivity contribution < 1.29 is 18.7 Å². The standard InChI is InChI=1S/C22H26FN3O3/c1-5-25(2)14-22(27)26-20(18-11-10-17(28-3)12-21(18)29-4)13-19(24-26)15-6-8-16(23)9-7-15/h6-12,20H,5,13-14H2,1-4H3. The fourth-order valence-electron chi connectivity index (χ4n) is 3.31. The van der Waals surface area contributed by atoms with Gasteiger partial charge in [-0.25, -0.2) is 9.40 Å². The second-order valence-corrected chi connectivity index (χ2v) is 6.95. The largest absolute Gasteiger partial charge is 0.497 e. The molecule has 7 heteroatoms. The molecule has 0 bridgehead atoms. The van der Waals surface area contributed by atoms with Crippen LogP contribution in [0.3, 0.4) is 0 Å². The van der Waals surface area contributed by atoms with Gasteiger partial charge in [0.05, 0.1) is 32.5 Å². The van der Waals surface area contributed by atoms with Crippen molar-refractivity contribution in [3.05, 3.63) is 59.4 Å². The van der Waals surface area contributed by atoms with Crippen LogP contribution in [0.2, 0.25) is 0 Å². The van der Waals surface area contributed by atoms with Gasteiger partial charge in [0.25, 0.3) is 5.91 Å². The lowest BCUT2D eigenvalue weighted by atomic mass is 9.97. The lowest BCUT2D eigenvalue weighted by Gasteiger charge is -2.25. The summed E-state index contributed by atoms with van der Waals surface area (Å²) in [5.41, 5.74) is 2.38. The van der Waals surface area contributed by atoms with Crippen LogP contribution in [0.25, 0.3) is 0 Å². The van der Waals surface area contributed by atoms with Crippen molar-refractivity contribution in [2.45, 2.75) is 19.4 Å². The molecule has 154 valence electrons. The molecule has 1 amide bonds. The second kappa shape index (κ2) is 9.05. The molecular weight excluding hydrogens is 373 g/mol. The number of hydrazone groups is 1. The summed E-state index contributed by atoms with van der Waals surface area (Å²) in [6.07, 6.45) is 0.510. The molecule has 29 heavy (non-hydrogen) atoms. The minimum absolute atomic E-state index is 0.102. The molecule has 3 rings (SSSR count). The zero-order chi connectivity index (χ0) is 21.0. The number of carbonyl (C=O) groups excluding carboxylic acids is 1. The Hall–Kier alpha value is -2.93. The van der Waals surface area contributed by atoms with Gasteiger partial charge in [-0.3, -0.25) is 9.69 Å². The van der Waals surface area contributed by atoms with Crippen LogP contribution in [-0.4, -0.2) is 55.9 Å². The van der Waals surface area contributed by atoms with E-state index in [9.17, 15) is 9.18 Å². The molecule has 1 unspecified atom stereocenters. The summed E-state index contributed by atoms with van der Waals surface area (Å²) in [4.78, 5) is 14.9. The van der Waals surface area contributed by atoms with E-state index in [-0.39, 0.29) is 24.3 Å². The molecule has 0 saturated carbocycles. The Bertz CT molecular complexity index is 899. The van der Waals surface area contributed by atoms with Gasteiger partial charge >= 0.3 is 0 Å². The SMILES string of the molecule is CCN(C)CC(=O)N1N=C(c2ccc(F)cc2)CC1c1ccc(OC)cc1OC. The van der Waals surface area contributed by atoms with Gasteiger partial charge in [0.15, 0.2) is 0 Å². The topological polar surface area (TPSA) is 54.4 Å². The first-order chi connectivity index (χ1) is 14.0. The fourth-order valence-corrected chi connectivity index (χ4v) is 3.31. The number of methoxy groups -OCH3 is 2. The maximum absolute atomic E-state index is 13.3. The lowest BCUT2D eigenvalue weighted by Crippen LogP contribution is -2.36. The van der Waals surface area contributed by atoms with E-state index in [0.29, 0.717) is 17.9 Å². The van der Waals surface area contributed by atoms with Crippen LogP contribution >= 0.6 is 0 Å². The summed E-state index contributed by atoms with van der Waals surface area (Å²) in [6.45, 7) is 3.00. The Morgan fingerprint density at radius 3 is 2.55 bits per heavy atom. The van der Waals surface area contributed by atoms with E-state index >= 15 is 0 Å². The molecular formula is C22H26FN3O3. The fraction of sp³-hybridized carbons (Fsp3) is 0.364. The van der Waals surface area contributed by atoms with Crippen LogP contribution in [-0.2, 0) is 4.79 Å². The van der Waals surface area contributed by atoms with Crippen molar-refractivity contribution in [2.75, 3.05) is 34.4 Å². The van der Waals surface area contributed by atoms with Gasteiger partial charge in [-0.05, 0) is 43.4 Å². The summed E-state index contributed by atoms with van der Waals surface area (Å²) in [5, 5.41) is 6.14. The molecule has 1 atom stereocenters. The third-order valence-corrected chi connectivity index (χ3v) is 5.09. The van der Waals surface area contributed by atoms with Crippen molar-refractivity contribution in [1.29, 1.82) is 0 Å². The number of hydrogen-bond donors (Lipinski definition) is 0. The second-order valence-electron chi connectivity index (χ2n) is 6.95. The molecule has 2 aromatic carbocycles. The monoisotopic (exact) mass is 399 g/mol. The van der Waals surface area contributed by atoms with E-state index in [2.05, 4.69) is 5.10 Å². The number of nitrogens with zero attached hydrogens (tertiary/aromatic N) is 3. The third-order valence-electron chi connectivity index (χ3n) is 5.09. The first kappa shape index (κ1) is 20.8. The number of ether oxygens (including phenoxy) is 2. The highest BCUT2D eigenvalue weighted by Gasteiger charge is 2.35. The molecule has 1 aliphatic heterocycles. The Morgan fingerprint density at radius 1 is 1.21 bits per heavy atom. The van der Waals surface area contributed by atoms with Gasteiger partial charge in [0.2, 0.25) is 0 Å². The highest BCUT2D eigenvalue weighted by atomic mass is 19.1. The average molecular weight is 399 g/mol. The van der Waals surface area contributed by atoms with Crippen molar-refractivity contribution in [2.24, 2.45) is 5.10 Å². The molecule has 0 N–H and O–H groups in total. The number of rotatable bonds is 7. The number of hydrogen-bond acceptors (Lipinski definition) is 5. The minimum atomic E-state index is -0.311. The van der Waals surface area contributed by atoms with Gasteiger partial charge in [0, 0.05) is 18.1 Å². The van der Waals surface area contributed by atoms with E-state index in [1.54, 1.807) is 32.4 Å². The van der Waals surface area contributed by atoms with Crippen molar-refractivity contribution in [3.8, 4) is 11.5 Å². The summed E-state index contributed by atoms with van der Waals surface area (Å²) < 4.78 is 24.2. The molecule has 0 fully saturated rings. The van der Waals surface area contributed by atoms with E-state index in [4.69, 9.17) is 9.47 Å². The van der Waals surface area contributed by atoms with Crippen LogP contribution in [0.15, 0.2) is 47.6 Å². The average Bonchev–Trinajstić information content (AvgIpc) is 3.18. The van der Waals surface area contributed by atoms with Crippen molar-refractivity contribution >= 4 is 11.6 Å². The van der Waals surface area contributed by atoms with Crippen LogP contribution in [0.4, 0.5) is 4.39 Å². The summed E-state index contributed by atoms with van der Waals surface area (Å²) in [6, 6.07) is 11.4. The Morgan fingerprint density at radius 2 is 1.93 bits per heavy atom. The molecule has 0 aliphatic carbocycles. The van der Waals surface area contributed by atoms with Gasteiger partial charge in [-0.1, -0.05) is 19.1 Å². The van der Waals surface area contributed by atoms with Gasteiger partial charge < -0.3 is 9.47 Å². The normalized spacial score (nSPS) is 16.1.